The molecule has 4 aromatic rings. The van der Waals surface area contributed by atoms with E-state index in [2.05, 4.69) is 10.2 Å². The molecule has 1 saturated carbocycles. The van der Waals surface area contributed by atoms with Gasteiger partial charge in [0.2, 0.25) is 5.95 Å². The number of ether oxygens (including phenoxy) is 3. The van der Waals surface area contributed by atoms with Crippen molar-refractivity contribution in [1.29, 1.82) is 0 Å². The van der Waals surface area contributed by atoms with Gasteiger partial charge in [-0.05, 0) is 62.4 Å². The van der Waals surface area contributed by atoms with E-state index < -0.39 is 0 Å². The van der Waals surface area contributed by atoms with E-state index in [1.165, 1.54) is 12.8 Å². The third-order valence-electron chi connectivity index (χ3n) is 8.07. The fourth-order valence-electron chi connectivity index (χ4n) is 5.81. The van der Waals surface area contributed by atoms with Crippen LogP contribution in [-0.2, 0) is 6.54 Å². The second-order valence-electron chi connectivity index (χ2n) is 10.5. The van der Waals surface area contributed by atoms with Crippen molar-refractivity contribution in [1.82, 2.24) is 24.5 Å². The molecule has 0 radical (unpaired) electrons. The Hall–Kier alpha value is -3.63. The first-order valence-electron chi connectivity index (χ1n) is 13.7. The second-order valence-corrected chi connectivity index (χ2v) is 10.5. The number of benzene rings is 2. The third kappa shape index (κ3) is 4.94. The van der Waals surface area contributed by atoms with Crippen LogP contribution in [0.15, 0.2) is 36.4 Å². The van der Waals surface area contributed by atoms with E-state index in [0.29, 0.717) is 24.2 Å². The minimum absolute atomic E-state index is 0.196. The fourth-order valence-corrected chi connectivity index (χ4v) is 5.81. The smallest absolute Gasteiger partial charge is 0.226 e. The predicted molar refractivity (Wildman–Crippen MR) is 149 cm³/mol. The van der Waals surface area contributed by atoms with Crippen LogP contribution in [0.3, 0.4) is 0 Å². The van der Waals surface area contributed by atoms with Crippen LogP contribution >= 0.6 is 0 Å². The highest BCUT2D eigenvalue weighted by Crippen LogP contribution is 2.38. The first kappa shape index (κ1) is 25.6. The molecule has 0 amide bonds. The molecule has 1 aliphatic heterocycles. The number of likely N-dealkylation sites (tertiary alicyclic amines) is 1. The molecule has 2 atom stereocenters. The van der Waals surface area contributed by atoms with Crippen molar-refractivity contribution in [3.05, 3.63) is 47.8 Å². The van der Waals surface area contributed by atoms with E-state index in [4.69, 9.17) is 29.3 Å². The number of aliphatic hydroxyl groups excluding tert-OH is 1. The molecule has 2 aromatic carbocycles. The molecule has 3 heterocycles. The van der Waals surface area contributed by atoms with Gasteiger partial charge in [-0.1, -0.05) is 6.07 Å². The van der Waals surface area contributed by atoms with Crippen LogP contribution in [0, 0.1) is 5.92 Å². The Kier molecular flexibility index (Phi) is 7.14. The number of hydrogen-bond donors (Lipinski definition) is 2. The van der Waals surface area contributed by atoms with Crippen LogP contribution in [0.4, 0.5) is 5.95 Å². The number of anilines is 1. The summed E-state index contributed by atoms with van der Waals surface area (Å²) in [7, 11) is 4.94. The average molecular weight is 533 g/mol. The van der Waals surface area contributed by atoms with E-state index in [9.17, 15) is 5.11 Å². The van der Waals surface area contributed by atoms with Gasteiger partial charge in [-0.15, -0.1) is 5.10 Å². The SMILES string of the molecule is COc1ccc(CNc2nc3c(OC)cccc3c3nc([C@@H]4CCCN([C@@H](CO)C5CC5)C4)nn23)c(OC)c1. The van der Waals surface area contributed by atoms with Crippen molar-refractivity contribution >= 4 is 22.5 Å². The zero-order valence-corrected chi connectivity index (χ0v) is 22.8. The number of fused-ring (bicyclic) bond motifs is 3. The van der Waals surface area contributed by atoms with Crippen LogP contribution in [0.2, 0.25) is 0 Å². The predicted octanol–water partition coefficient (Wildman–Crippen LogP) is 3.87. The molecule has 2 fully saturated rings. The summed E-state index contributed by atoms with van der Waals surface area (Å²) in [5, 5.41) is 19.4. The largest absolute Gasteiger partial charge is 0.497 e. The number of hydrogen-bond acceptors (Lipinski definition) is 9. The molecule has 0 spiro atoms. The Morgan fingerprint density at radius 2 is 1.87 bits per heavy atom. The van der Waals surface area contributed by atoms with Crippen molar-refractivity contribution in [3.8, 4) is 17.2 Å². The summed E-state index contributed by atoms with van der Waals surface area (Å²) < 4.78 is 18.4. The van der Waals surface area contributed by atoms with E-state index in [0.717, 1.165) is 65.4 Å². The third-order valence-corrected chi connectivity index (χ3v) is 8.07. The summed E-state index contributed by atoms with van der Waals surface area (Å²) in [6.07, 6.45) is 4.52. The average Bonchev–Trinajstić information content (AvgIpc) is 3.71. The Bertz CT molecular complexity index is 1470. The first-order valence-corrected chi connectivity index (χ1v) is 13.7. The zero-order valence-electron chi connectivity index (χ0n) is 22.8. The maximum Gasteiger partial charge on any atom is 0.226 e. The summed E-state index contributed by atoms with van der Waals surface area (Å²) in [6, 6.07) is 11.9. The Balaban J connectivity index is 1.37. The van der Waals surface area contributed by atoms with Crippen LogP contribution in [0.5, 0.6) is 17.2 Å². The van der Waals surface area contributed by atoms with Gasteiger partial charge < -0.3 is 24.6 Å². The molecule has 39 heavy (non-hydrogen) atoms. The van der Waals surface area contributed by atoms with Gasteiger partial charge >= 0.3 is 0 Å². The van der Waals surface area contributed by atoms with Gasteiger partial charge in [0.1, 0.15) is 22.8 Å². The number of aliphatic hydroxyl groups is 1. The molecule has 2 aromatic heterocycles. The van der Waals surface area contributed by atoms with Crippen LogP contribution in [0.25, 0.3) is 16.6 Å². The van der Waals surface area contributed by atoms with Crippen molar-refractivity contribution in [2.45, 2.75) is 44.2 Å². The van der Waals surface area contributed by atoms with Crippen molar-refractivity contribution in [3.63, 3.8) is 0 Å². The number of para-hydroxylation sites is 1. The molecule has 0 bridgehead atoms. The van der Waals surface area contributed by atoms with Crippen molar-refractivity contribution in [2.75, 3.05) is 46.3 Å². The van der Waals surface area contributed by atoms with E-state index in [1.807, 2.05) is 40.9 Å². The molecule has 10 heteroatoms. The number of rotatable bonds is 10. The fraction of sp³-hybridized carbons (Fsp3) is 0.483. The highest BCUT2D eigenvalue weighted by atomic mass is 16.5. The topological polar surface area (TPSA) is 106 Å². The lowest BCUT2D eigenvalue weighted by Crippen LogP contribution is -2.45. The molecule has 1 aliphatic carbocycles. The maximum absolute atomic E-state index is 10.1. The number of nitrogens with one attached hydrogen (secondary N) is 1. The molecule has 0 unspecified atom stereocenters. The van der Waals surface area contributed by atoms with Gasteiger partial charge in [-0.2, -0.15) is 4.52 Å². The summed E-state index contributed by atoms with van der Waals surface area (Å²) in [5.41, 5.74) is 2.44. The molecular weight excluding hydrogens is 496 g/mol. The minimum atomic E-state index is 0.196. The van der Waals surface area contributed by atoms with E-state index >= 15 is 0 Å². The lowest BCUT2D eigenvalue weighted by atomic mass is 9.95. The molecule has 10 nitrogen and oxygen atoms in total. The highest BCUT2D eigenvalue weighted by molar-refractivity contribution is 5.96. The lowest BCUT2D eigenvalue weighted by molar-refractivity contribution is 0.0808. The summed E-state index contributed by atoms with van der Waals surface area (Å²) in [4.78, 5) is 12.5. The van der Waals surface area contributed by atoms with Crippen LogP contribution < -0.4 is 19.5 Å². The van der Waals surface area contributed by atoms with Crippen molar-refractivity contribution < 1.29 is 19.3 Å². The number of methoxy groups -OCH3 is 3. The lowest BCUT2D eigenvalue weighted by Gasteiger charge is -2.36. The van der Waals surface area contributed by atoms with Gasteiger partial charge in [-0.25, -0.2) is 9.97 Å². The molecular formula is C29H36N6O4. The summed E-state index contributed by atoms with van der Waals surface area (Å²) in [6.45, 7) is 2.57. The molecule has 2 N–H and O–H groups in total. The van der Waals surface area contributed by atoms with Gasteiger partial charge in [0.15, 0.2) is 11.5 Å². The summed E-state index contributed by atoms with van der Waals surface area (Å²) in [5.74, 6) is 4.36. The number of aromatic nitrogens is 4. The van der Waals surface area contributed by atoms with E-state index in [-0.39, 0.29) is 18.6 Å². The highest BCUT2D eigenvalue weighted by Gasteiger charge is 2.37. The van der Waals surface area contributed by atoms with Crippen molar-refractivity contribution in [2.24, 2.45) is 5.92 Å². The van der Waals surface area contributed by atoms with Crippen LogP contribution in [0.1, 0.15) is 43.0 Å². The molecule has 2 aliphatic rings. The quantitative estimate of drug-likeness (QED) is 0.315. The Labute approximate surface area is 227 Å². The zero-order chi connectivity index (χ0) is 26.9. The molecule has 1 saturated heterocycles. The normalized spacial score (nSPS) is 18.8. The maximum atomic E-state index is 10.1. The van der Waals surface area contributed by atoms with Crippen LogP contribution in [-0.4, -0.2) is 76.7 Å². The molecule has 206 valence electrons. The monoisotopic (exact) mass is 532 g/mol. The Morgan fingerprint density at radius 1 is 1.03 bits per heavy atom. The van der Waals surface area contributed by atoms with E-state index in [1.54, 1.807) is 21.3 Å². The minimum Gasteiger partial charge on any atom is -0.497 e. The van der Waals surface area contributed by atoms with Gasteiger partial charge in [0.05, 0.1) is 27.9 Å². The Morgan fingerprint density at radius 3 is 2.62 bits per heavy atom. The first-order chi connectivity index (χ1) is 19.1. The van der Waals surface area contributed by atoms with Gasteiger partial charge in [0.25, 0.3) is 0 Å². The number of nitrogens with zero attached hydrogens (tertiary/aromatic N) is 5. The number of piperidine rings is 1. The summed E-state index contributed by atoms with van der Waals surface area (Å²) >= 11 is 0. The molecule has 6 rings (SSSR count). The standard InChI is InChI=1S/C29H36N6O4/c1-37-21-12-11-19(25(14-21)39-3)15-30-29-31-26-22(7-4-8-24(26)38-2)28-32-27(33-35(28)29)20-6-5-13-34(16-20)23(17-36)18-9-10-18/h4,7-8,11-12,14,18,20,23,36H,5-6,9-10,13,15-17H2,1-3H3,(H,30,31)/t20-,23+/m1/s1. The van der Waals surface area contributed by atoms with Gasteiger partial charge in [-0.3, -0.25) is 4.90 Å². The second kappa shape index (κ2) is 10.9. The van der Waals surface area contributed by atoms with Gasteiger partial charge in [0, 0.05) is 42.1 Å².